The smallest absolute Gasteiger partial charge is 0.262 e. The normalized spacial score (nSPS) is 11.4. The zero-order valence-electron chi connectivity index (χ0n) is 10.7. The highest BCUT2D eigenvalue weighted by Crippen LogP contribution is 2.16. The van der Waals surface area contributed by atoms with Crippen molar-refractivity contribution in [2.75, 3.05) is 13.2 Å². The largest absolute Gasteiger partial charge is 0.494 e. The number of nitrogens with one attached hydrogen (secondary N) is 1. The second kappa shape index (κ2) is 7.35. The predicted octanol–water partition coefficient (Wildman–Crippen LogP) is 2.10. The molecular weight excluding hydrogens is 254 g/mol. The van der Waals surface area contributed by atoms with E-state index in [2.05, 4.69) is 6.92 Å². The zero-order valence-corrected chi connectivity index (χ0v) is 11.5. The van der Waals surface area contributed by atoms with Crippen LogP contribution in [0.2, 0.25) is 0 Å². The molecule has 0 aliphatic heterocycles. The molecule has 1 rings (SSSR count). The molecule has 0 saturated heterocycles. The van der Waals surface area contributed by atoms with E-state index in [9.17, 15) is 8.42 Å². The maximum Gasteiger partial charge on any atom is 0.262 e. The van der Waals surface area contributed by atoms with E-state index in [0.717, 1.165) is 12.8 Å². The predicted molar refractivity (Wildman–Crippen MR) is 68.8 cm³/mol. The Labute approximate surface area is 108 Å². The molecule has 0 radical (unpaired) electrons. The molecule has 102 valence electrons. The number of hydrogen-bond acceptors (Lipinski definition) is 4. The van der Waals surface area contributed by atoms with Gasteiger partial charge in [0.1, 0.15) is 5.75 Å². The van der Waals surface area contributed by atoms with Gasteiger partial charge < -0.3 is 4.74 Å². The first kappa shape index (κ1) is 14.9. The van der Waals surface area contributed by atoms with Crippen molar-refractivity contribution in [3.05, 3.63) is 24.3 Å². The number of sulfonamides is 1. The van der Waals surface area contributed by atoms with Crippen molar-refractivity contribution in [3.63, 3.8) is 0 Å². The van der Waals surface area contributed by atoms with Crippen LogP contribution in [0.3, 0.4) is 0 Å². The van der Waals surface area contributed by atoms with Crippen molar-refractivity contribution in [3.8, 4) is 5.75 Å². The Morgan fingerprint density at radius 3 is 2.39 bits per heavy atom. The third-order valence-corrected chi connectivity index (χ3v) is 3.44. The van der Waals surface area contributed by atoms with E-state index in [1.807, 2.05) is 4.89 Å². The Kier molecular flexibility index (Phi) is 6.11. The van der Waals surface area contributed by atoms with Crippen LogP contribution in [0.15, 0.2) is 29.2 Å². The van der Waals surface area contributed by atoms with Crippen LogP contribution < -0.4 is 9.62 Å². The molecule has 0 saturated carbocycles. The highest BCUT2D eigenvalue weighted by atomic mass is 32.2. The summed E-state index contributed by atoms with van der Waals surface area (Å²) in [6.45, 7) is 4.70. The molecule has 0 atom stereocenters. The molecule has 18 heavy (non-hydrogen) atoms. The van der Waals surface area contributed by atoms with Crippen molar-refractivity contribution >= 4 is 10.0 Å². The lowest BCUT2D eigenvalue weighted by molar-refractivity contribution is 0.105. The summed E-state index contributed by atoms with van der Waals surface area (Å²) in [4.78, 5) is 6.87. The first-order valence-corrected chi connectivity index (χ1v) is 7.45. The molecule has 0 spiro atoms. The molecule has 0 aliphatic rings. The molecule has 0 amide bonds. The summed E-state index contributed by atoms with van der Waals surface area (Å²) in [6.07, 6.45) is 2.04. The minimum absolute atomic E-state index is 0.152. The lowest BCUT2D eigenvalue weighted by Gasteiger charge is -2.08. The fraction of sp³-hybridized carbons (Fsp3) is 0.500. The maximum atomic E-state index is 11.7. The molecule has 0 bridgehead atoms. The van der Waals surface area contributed by atoms with Crippen LogP contribution in [0.4, 0.5) is 0 Å². The molecule has 0 aliphatic carbocycles. The van der Waals surface area contributed by atoms with E-state index in [4.69, 9.17) is 9.57 Å². The fourth-order valence-electron chi connectivity index (χ4n) is 1.23. The zero-order chi connectivity index (χ0) is 13.4. The standard InChI is InChI=1S/C12H19NO4S/c1-3-5-10-16-11-6-8-12(9-7-11)18(14,15)13-17-4-2/h6-9,13H,3-5,10H2,1-2H3. The van der Waals surface area contributed by atoms with Crippen molar-refractivity contribution < 1.29 is 18.0 Å². The molecule has 0 aromatic heterocycles. The van der Waals surface area contributed by atoms with E-state index in [-0.39, 0.29) is 11.5 Å². The van der Waals surface area contributed by atoms with Gasteiger partial charge in [0.05, 0.1) is 18.1 Å². The topological polar surface area (TPSA) is 64.6 Å². The van der Waals surface area contributed by atoms with Crippen LogP contribution in [0.25, 0.3) is 0 Å². The molecule has 0 unspecified atom stereocenters. The van der Waals surface area contributed by atoms with Crippen LogP contribution in [-0.4, -0.2) is 21.6 Å². The molecule has 6 heteroatoms. The van der Waals surface area contributed by atoms with Crippen molar-refractivity contribution in [2.24, 2.45) is 0 Å². The van der Waals surface area contributed by atoms with Gasteiger partial charge in [-0.2, -0.15) is 0 Å². The van der Waals surface area contributed by atoms with Gasteiger partial charge in [0.2, 0.25) is 0 Å². The summed E-state index contributed by atoms with van der Waals surface area (Å²) in [5.41, 5.74) is 0. The molecule has 0 heterocycles. The lowest BCUT2D eigenvalue weighted by Crippen LogP contribution is -2.23. The fourth-order valence-corrected chi connectivity index (χ4v) is 2.10. The summed E-state index contributed by atoms with van der Waals surface area (Å²) in [7, 11) is -3.59. The summed E-state index contributed by atoms with van der Waals surface area (Å²) in [6, 6.07) is 6.25. The third kappa shape index (κ3) is 4.64. The van der Waals surface area contributed by atoms with Crippen LogP contribution in [0.5, 0.6) is 5.75 Å². The summed E-state index contributed by atoms with van der Waals surface area (Å²) >= 11 is 0. The summed E-state index contributed by atoms with van der Waals surface area (Å²) < 4.78 is 28.8. The van der Waals surface area contributed by atoms with Gasteiger partial charge in [0, 0.05) is 0 Å². The highest BCUT2D eigenvalue weighted by molar-refractivity contribution is 7.89. The summed E-state index contributed by atoms with van der Waals surface area (Å²) in [5.74, 6) is 0.666. The molecule has 0 fully saturated rings. The van der Waals surface area contributed by atoms with Gasteiger partial charge in [0.15, 0.2) is 0 Å². The van der Waals surface area contributed by atoms with Crippen molar-refractivity contribution in [1.82, 2.24) is 4.89 Å². The Hall–Kier alpha value is -1.11. The van der Waals surface area contributed by atoms with E-state index in [1.54, 1.807) is 19.1 Å². The van der Waals surface area contributed by atoms with E-state index in [1.165, 1.54) is 12.1 Å². The SMILES string of the molecule is CCCCOc1ccc(S(=O)(=O)NOCC)cc1. The van der Waals surface area contributed by atoms with Crippen LogP contribution in [0, 0.1) is 0 Å². The molecule has 1 aromatic rings. The lowest BCUT2D eigenvalue weighted by atomic mass is 10.3. The van der Waals surface area contributed by atoms with Gasteiger partial charge in [-0.3, -0.25) is 4.84 Å². The number of hydrogen-bond donors (Lipinski definition) is 1. The first-order chi connectivity index (χ1) is 8.60. The second-order valence-electron chi connectivity index (χ2n) is 3.69. The van der Waals surface area contributed by atoms with Crippen LogP contribution in [-0.2, 0) is 14.9 Å². The monoisotopic (exact) mass is 273 g/mol. The first-order valence-electron chi connectivity index (χ1n) is 5.96. The minimum Gasteiger partial charge on any atom is -0.494 e. The molecular formula is C12H19NO4S. The van der Waals surface area contributed by atoms with Crippen molar-refractivity contribution in [2.45, 2.75) is 31.6 Å². The number of ether oxygens (including phenoxy) is 1. The Morgan fingerprint density at radius 2 is 1.83 bits per heavy atom. The van der Waals surface area contributed by atoms with Gasteiger partial charge >= 0.3 is 0 Å². The number of benzene rings is 1. The van der Waals surface area contributed by atoms with Gasteiger partial charge in [-0.25, -0.2) is 8.42 Å². The maximum absolute atomic E-state index is 11.7. The third-order valence-electron chi connectivity index (χ3n) is 2.21. The van der Waals surface area contributed by atoms with Crippen LogP contribution in [0.1, 0.15) is 26.7 Å². The Morgan fingerprint density at radius 1 is 1.17 bits per heavy atom. The van der Waals surface area contributed by atoms with Gasteiger partial charge in [-0.1, -0.05) is 18.2 Å². The van der Waals surface area contributed by atoms with Gasteiger partial charge in [0.25, 0.3) is 10.0 Å². The quantitative estimate of drug-likeness (QED) is 0.582. The minimum atomic E-state index is -3.59. The van der Waals surface area contributed by atoms with E-state index >= 15 is 0 Å². The second-order valence-corrected chi connectivity index (χ2v) is 5.34. The van der Waals surface area contributed by atoms with Crippen molar-refractivity contribution in [1.29, 1.82) is 0 Å². The van der Waals surface area contributed by atoms with Crippen LogP contribution >= 0.6 is 0 Å². The number of rotatable bonds is 8. The molecule has 1 aromatic carbocycles. The van der Waals surface area contributed by atoms with E-state index in [0.29, 0.717) is 12.4 Å². The highest BCUT2D eigenvalue weighted by Gasteiger charge is 2.13. The summed E-state index contributed by atoms with van der Waals surface area (Å²) in [5, 5.41) is 0. The van der Waals surface area contributed by atoms with Gasteiger partial charge in [-0.15, -0.1) is 0 Å². The average molecular weight is 273 g/mol. The average Bonchev–Trinajstić information content (AvgIpc) is 2.37. The molecule has 5 nitrogen and oxygen atoms in total. The molecule has 1 N–H and O–H groups in total. The Bertz CT molecular complexity index is 442. The van der Waals surface area contributed by atoms with E-state index < -0.39 is 10.0 Å². The van der Waals surface area contributed by atoms with Gasteiger partial charge in [-0.05, 0) is 37.6 Å². The number of unbranched alkanes of at least 4 members (excludes halogenated alkanes) is 1. The Balaban J connectivity index is 2.64.